The van der Waals surface area contributed by atoms with E-state index in [0.29, 0.717) is 25.6 Å². The number of benzene rings is 1. The van der Waals surface area contributed by atoms with Crippen molar-refractivity contribution in [2.75, 3.05) is 25.7 Å². The molecule has 1 aromatic heterocycles. The van der Waals surface area contributed by atoms with Gasteiger partial charge >= 0.3 is 0 Å². The Morgan fingerprint density at radius 3 is 2.90 bits per heavy atom. The molecule has 0 spiro atoms. The second-order valence-electron chi connectivity index (χ2n) is 4.67. The molecule has 6 nitrogen and oxygen atoms in total. The normalized spacial score (nSPS) is 15.1. The van der Waals surface area contributed by atoms with Crippen LogP contribution in [0.5, 0.6) is 5.75 Å². The predicted molar refractivity (Wildman–Crippen MR) is 75.5 cm³/mol. The Morgan fingerprint density at radius 1 is 1.40 bits per heavy atom. The number of hydrogen-bond acceptors (Lipinski definition) is 6. The Hall–Kier alpha value is -1.89. The number of ether oxygens (including phenoxy) is 3. The molecule has 0 bridgehead atoms. The average molecular weight is 275 g/mol. The number of fused-ring (bicyclic) bond motifs is 1. The largest absolute Gasteiger partial charge is 0.497 e. The number of nitrogens with zero attached hydrogens (tertiary/aromatic N) is 1. The van der Waals surface area contributed by atoms with Crippen LogP contribution in [0.4, 0.5) is 5.82 Å². The van der Waals surface area contributed by atoms with Crippen molar-refractivity contribution in [2.45, 2.75) is 12.7 Å². The Balaban J connectivity index is 1.89. The first kappa shape index (κ1) is 13.1. The van der Waals surface area contributed by atoms with Crippen LogP contribution in [0, 0.1) is 0 Å². The smallest absolute Gasteiger partial charge is 0.146 e. The van der Waals surface area contributed by atoms with Crippen molar-refractivity contribution in [3.8, 4) is 5.75 Å². The molecule has 0 unspecified atom stereocenters. The lowest BCUT2D eigenvalue weighted by molar-refractivity contribution is -0.135. The quantitative estimate of drug-likeness (QED) is 0.635. The molecule has 6 heteroatoms. The number of hydrogen-bond donors (Lipinski definition) is 2. The molecule has 0 aliphatic carbocycles. The van der Waals surface area contributed by atoms with E-state index in [1.54, 1.807) is 7.11 Å². The maximum absolute atomic E-state index is 5.72. The van der Waals surface area contributed by atoms with E-state index in [2.05, 4.69) is 10.4 Å². The van der Waals surface area contributed by atoms with E-state index in [1.807, 2.05) is 24.3 Å². The van der Waals surface area contributed by atoms with Crippen molar-refractivity contribution >= 4 is 16.7 Å². The van der Waals surface area contributed by atoms with E-state index in [4.69, 9.17) is 20.1 Å². The molecule has 3 N–H and O–H groups in total. The maximum atomic E-state index is 5.72. The van der Waals surface area contributed by atoms with Gasteiger partial charge in [0, 0.05) is 17.0 Å². The van der Waals surface area contributed by atoms with Gasteiger partial charge in [-0.15, -0.1) is 0 Å². The molecule has 0 radical (unpaired) electrons. The molecule has 0 saturated carbocycles. The molecule has 1 aliphatic heterocycles. The summed E-state index contributed by atoms with van der Waals surface area (Å²) in [6, 6.07) is 7.78. The summed E-state index contributed by atoms with van der Waals surface area (Å²) in [4.78, 5) is 4.50. The zero-order chi connectivity index (χ0) is 13.9. The van der Waals surface area contributed by atoms with Crippen molar-refractivity contribution in [1.82, 2.24) is 4.98 Å². The van der Waals surface area contributed by atoms with Gasteiger partial charge in [-0.3, -0.25) is 0 Å². The highest BCUT2D eigenvalue weighted by atomic mass is 16.6. The maximum Gasteiger partial charge on any atom is 0.146 e. The number of rotatable bonds is 5. The zero-order valence-electron chi connectivity index (χ0n) is 11.3. The minimum atomic E-state index is 0.173. The van der Waals surface area contributed by atoms with Crippen molar-refractivity contribution in [1.29, 1.82) is 0 Å². The SMILES string of the molecule is COc1ccc2cc(COC3COC3)c(NN)nc2c1. The Labute approximate surface area is 116 Å². The minimum absolute atomic E-state index is 0.173. The van der Waals surface area contributed by atoms with Gasteiger partial charge in [0.05, 0.1) is 32.4 Å². The molecule has 0 atom stereocenters. The van der Waals surface area contributed by atoms with Gasteiger partial charge in [-0.05, 0) is 18.2 Å². The third-order valence-corrected chi connectivity index (χ3v) is 3.32. The summed E-state index contributed by atoms with van der Waals surface area (Å²) >= 11 is 0. The fourth-order valence-electron chi connectivity index (χ4n) is 2.07. The summed E-state index contributed by atoms with van der Waals surface area (Å²) in [5, 5.41) is 1.02. The van der Waals surface area contributed by atoms with E-state index < -0.39 is 0 Å². The molecule has 2 heterocycles. The lowest BCUT2D eigenvalue weighted by Crippen LogP contribution is -2.35. The van der Waals surface area contributed by atoms with E-state index in [9.17, 15) is 0 Å². The fourth-order valence-corrected chi connectivity index (χ4v) is 2.07. The van der Waals surface area contributed by atoms with Crippen molar-refractivity contribution in [3.05, 3.63) is 29.8 Å². The van der Waals surface area contributed by atoms with E-state index in [-0.39, 0.29) is 6.10 Å². The molecule has 1 saturated heterocycles. The first-order valence-corrected chi connectivity index (χ1v) is 6.44. The van der Waals surface area contributed by atoms with Crippen LogP contribution in [0.3, 0.4) is 0 Å². The van der Waals surface area contributed by atoms with Crippen LogP contribution < -0.4 is 16.0 Å². The lowest BCUT2D eigenvalue weighted by Gasteiger charge is -2.26. The van der Waals surface area contributed by atoms with Crippen LogP contribution in [-0.4, -0.2) is 31.4 Å². The van der Waals surface area contributed by atoms with E-state index in [1.165, 1.54) is 0 Å². The number of nitrogens with two attached hydrogens (primary N) is 1. The van der Waals surface area contributed by atoms with Gasteiger partial charge in [-0.25, -0.2) is 10.8 Å². The van der Waals surface area contributed by atoms with Crippen LogP contribution >= 0.6 is 0 Å². The molecule has 1 aromatic carbocycles. The number of anilines is 1. The zero-order valence-corrected chi connectivity index (χ0v) is 11.3. The highest BCUT2D eigenvalue weighted by Crippen LogP contribution is 2.25. The van der Waals surface area contributed by atoms with Crippen LogP contribution in [0.25, 0.3) is 10.9 Å². The first-order valence-electron chi connectivity index (χ1n) is 6.44. The number of methoxy groups -OCH3 is 1. The van der Waals surface area contributed by atoms with Gasteiger partial charge in [0.1, 0.15) is 17.7 Å². The van der Waals surface area contributed by atoms with Crippen molar-refractivity contribution in [2.24, 2.45) is 5.84 Å². The molecule has 2 aromatic rings. The molecule has 3 rings (SSSR count). The average Bonchev–Trinajstić information content (AvgIpc) is 2.44. The van der Waals surface area contributed by atoms with Gasteiger partial charge in [0.15, 0.2) is 0 Å². The fraction of sp³-hybridized carbons (Fsp3) is 0.357. The second kappa shape index (κ2) is 5.62. The van der Waals surface area contributed by atoms with E-state index >= 15 is 0 Å². The number of hydrazine groups is 1. The van der Waals surface area contributed by atoms with Crippen LogP contribution in [-0.2, 0) is 16.1 Å². The summed E-state index contributed by atoms with van der Waals surface area (Å²) in [5.74, 6) is 6.92. The number of nitrogens with one attached hydrogen (secondary N) is 1. The molecule has 20 heavy (non-hydrogen) atoms. The summed E-state index contributed by atoms with van der Waals surface area (Å²) in [6.45, 7) is 1.77. The van der Waals surface area contributed by atoms with Gasteiger partial charge in [-0.2, -0.15) is 0 Å². The standard InChI is InChI=1S/C14H17N3O3/c1-18-11-3-2-9-4-10(6-20-12-7-19-8-12)14(17-15)16-13(9)5-11/h2-5,12H,6-8,15H2,1H3,(H,16,17). The van der Waals surface area contributed by atoms with Crippen molar-refractivity contribution in [3.63, 3.8) is 0 Å². The highest BCUT2D eigenvalue weighted by molar-refractivity contribution is 5.83. The lowest BCUT2D eigenvalue weighted by atomic mass is 10.1. The van der Waals surface area contributed by atoms with Crippen LogP contribution in [0.15, 0.2) is 24.3 Å². The summed E-state index contributed by atoms with van der Waals surface area (Å²) in [5.41, 5.74) is 4.38. The Morgan fingerprint density at radius 2 is 2.25 bits per heavy atom. The van der Waals surface area contributed by atoms with Crippen molar-refractivity contribution < 1.29 is 14.2 Å². The van der Waals surface area contributed by atoms with Gasteiger partial charge in [-0.1, -0.05) is 0 Å². The van der Waals surface area contributed by atoms with Crippen LogP contribution in [0.1, 0.15) is 5.56 Å². The molecular weight excluding hydrogens is 258 g/mol. The molecule has 1 aliphatic rings. The van der Waals surface area contributed by atoms with Gasteiger partial charge in [0.25, 0.3) is 0 Å². The minimum Gasteiger partial charge on any atom is -0.497 e. The first-order chi connectivity index (χ1) is 9.80. The summed E-state index contributed by atoms with van der Waals surface area (Å²) in [7, 11) is 1.63. The Kier molecular flexibility index (Phi) is 3.68. The molecular formula is C14H17N3O3. The van der Waals surface area contributed by atoms with Gasteiger partial charge < -0.3 is 19.6 Å². The Bertz CT molecular complexity index is 614. The predicted octanol–water partition coefficient (Wildman–Crippen LogP) is 1.44. The number of aromatic nitrogens is 1. The van der Waals surface area contributed by atoms with E-state index in [0.717, 1.165) is 22.2 Å². The molecule has 1 fully saturated rings. The highest BCUT2D eigenvalue weighted by Gasteiger charge is 2.19. The topological polar surface area (TPSA) is 78.6 Å². The van der Waals surface area contributed by atoms with Gasteiger partial charge in [0.2, 0.25) is 0 Å². The second-order valence-corrected chi connectivity index (χ2v) is 4.67. The molecule has 0 amide bonds. The number of nitrogen functional groups attached to an aromatic ring is 1. The monoisotopic (exact) mass is 275 g/mol. The third-order valence-electron chi connectivity index (χ3n) is 3.32. The molecule has 106 valence electrons. The summed E-state index contributed by atoms with van der Waals surface area (Å²) in [6.07, 6.45) is 0.173. The third kappa shape index (κ3) is 2.53. The number of pyridine rings is 1. The summed E-state index contributed by atoms with van der Waals surface area (Å²) < 4.78 is 16.0. The van der Waals surface area contributed by atoms with Crippen LogP contribution in [0.2, 0.25) is 0 Å².